The van der Waals surface area contributed by atoms with Gasteiger partial charge in [-0.05, 0) is 23.7 Å². The molecular formula is C12H13N3O2S. The lowest BCUT2D eigenvalue weighted by molar-refractivity contribution is 0.142. The first kappa shape index (κ1) is 11.3. The average molecular weight is 263 g/mol. The van der Waals surface area contributed by atoms with Crippen molar-refractivity contribution < 1.29 is 9.90 Å². The molecule has 0 bridgehead atoms. The molecule has 5 nitrogen and oxygen atoms in total. The zero-order valence-electron chi connectivity index (χ0n) is 9.74. The van der Waals surface area contributed by atoms with Crippen molar-refractivity contribution in [1.29, 1.82) is 0 Å². The highest BCUT2D eigenvalue weighted by molar-refractivity contribution is 7.13. The van der Waals surface area contributed by atoms with E-state index in [9.17, 15) is 4.79 Å². The highest BCUT2D eigenvalue weighted by atomic mass is 32.1. The van der Waals surface area contributed by atoms with Gasteiger partial charge in [0.25, 0.3) is 0 Å². The number of hydrogen-bond acceptors (Lipinski definition) is 4. The molecule has 0 unspecified atom stereocenters. The number of amides is 1. The maximum atomic E-state index is 10.9. The number of rotatable bonds is 1. The van der Waals surface area contributed by atoms with Gasteiger partial charge in [-0.3, -0.25) is 0 Å². The molecule has 18 heavy (non-hydrogen) atoms. The maximum absolute atomic E-state index is 10.9. The molecule has 1 amide bonds. The first-order valence-corrected chi connectivity index (χ1v) is 6.60. The van der Waals surface area contributed by atoms with Crippen molar-refractivity contribution >= 4 is 33.5 Å². The predicted molar refractivity (Wildman–Crippen MR) is 71.4 cm³/mol. The van der Waals surface area contributed by atoms with Crippen molar-refractivity contribution in [2.45, 2.75) is 0 Å². The number of hydrogen-bond donors (Lipinski definition) is 1. The number of nitrogens with zero attached hydrogens (tertiary/aromatic N) is 3. The molecule has 6 heteroatoms. The van der Waals surface area contributed by atoms with E-state index in [-0.39, 0.29) is 0 Å². The number of carboxylic acid groups (broad SMARTS) is 1. The van der Waals surface area contributed by atoms with Crippen LogP contribution in [0.15, 0.2) is 24.3 Å². The van der Waals surface area contributed by atoms with E-state index in [1.165, 1.54) is 21.1 Å². The second-order valence-corrected chi connectivity index (χ2v) is 5.06. The van der Waals surface area contributed by atoms with Gasteiger partial charge < -0.3 is 14.9 Å². The molecule has 94 valence electrons. The Bertz CT molecular complexity index is 575. The summed E-state index contributed by atoms with van der Waals surface area (Å²) in [5.74, 6) is 0.987. The van der Waals surface area contributed by atoms with Crippen molar-refractivity contribution in [3.05, 3.63) is 24.3 Å². The lowest BCUT2D eigenvalue weighted by Gasteiger charge is -2.33. The van der Waals surface area contributed by atoms with E-state index >= 15 is 0 Å². The molecule has 0 saturated carbocycles. The predicted octanol–water partition coefficient (Wildman–Crippen LogP) is 2.10. The molecule has 2 heterocycles. The topological polar surface area (TPSA) is 56.7 Å². The number of carbonyl (C=O) groups is 1. The summed E-state index contributed by atoms with van der Waals surface area (Å²) in [5.41, 5.74) is 0. The third-order valence-corrected chi connectivity index (χ3v) is 4.03. The first-order chi connectivity index (χ1) is 8.75. The standard InChI is InChI=1S/C12H13N3O2S/c16-12(17)15-7-5-14(6-8-15)11-9-3-1-2-4-10(9)18-13-11/h1-4H,5-8H2,(H,16,17). The summed E-state index contributed by atoms with van der Waals surface area (Å²) in [4.78, 5) is 14.5. The average Bonchev–Trinajstić information content (AvgIpc) is 2.82. The van der Waals surface area contributed by atoms with E-state index in [1.807, 2.05) is 12.1 Å². The van der Waals surface area contributed by atoms with Crippen molar-refractivity contribution in [1.82, 2.24) is 9.27 Å². The molecule has 1 aliphatic heterocycles. The molecule has 1 aromatic heterocycles. The van der Waals surface area contributed by atoms with Crippen LogP contribution in [-0.2, 0) is 0 Å². The van der Waals surface area contributed by atoms with Crippen LogP contribution >= 0.6 is 11.5 Å². The second-order valence-electron chi connectivity index (χ2n) is 4.26. The maximum Gasteiger partial charge on any atom is 0.407 e. The lowest BCUT2D eigenvalue weighted by Crippen LogP contribution is -2.48. The highest BCUT2D eigenvalue weighted by Gasteiger charge is 2.22. The monoisotopic (exact) mass is 263 g/mol. The fourth-order valence-electron chi connectivity index (χ4n) is 2.21. The normalized spacial score (nSPS) is 16.2. The molecule has 3 rings (SSSR count). The quantitative estimate of drug-likeness (QED) is 0.856. The van der Waals surface area contributed by atoms with Crippen LogP contribution in [0.2, 0.25) is 0 Å². The Morgan fingerprint density at radius 1 is 1.22 bits per heavy atom. The highest BCUT2D eigenvalue weighted by Crippen LogP contribution is 2.29. The molecular weight excluding hydrogens is 250 g/mol. The van der Waals surface area contributed by atoms with Gasteiger partial charge in [0, 0.05) is 31.6 Å². The summed E-state index contributed by atoms with van der Waals surface area (Å²) in [6, 6.07) is 8.14. The smallest absolute Gasteiger partial charge is 0.407 e. The third-order valence-electron chi connectivity index (χ3n) is 3.21. The van der Waals surface area contributed by atoms with Crippen LogP contribution in [0, 0.1) is 0 Å². The third kappa shape index (κ3) is 1.88. The van der Waals surface area contributed by atoms with Crippen LogP contribution in [0.3, 0.4) is 0 Å². The van der Waals surface area contributed by atoms with Crippen LogP contribution in [0.1, 0.15) is 0 Å². The van der Waals surface area contributed by atoms with Gasteiger partial charge in [-0.15, -0.1) is 0 Å². The summed E-state index contributed by atoms with van der Waals surface area (Å²) < 4.78 is 5.66. The van der Waals surface area contributed by atoms with E-state index in [2.05, 4.69) is 21.4 Å². The van der Waals surface area contributed by atoms with Gasteiger partial charge in [0.2, 0.25) is 0 Å². The summed E-state index contributed by atoms with van der Waals surface area (Å²) in [5, 5.41) is 10.1. The molecule has 1 aromatic carbocycles. The molecule has 1 saturated heterocycles. The zero-order chi connectivity index (χ0) is 12.5. The summed E-state index contributed by atoms with van der Waals surface area (Å²) in [7, 11) is 0. The molecule has 2 aromatic rings. The fraction of sp³-hybridized carbons (Fsp3) is 0.333. The van der Waals surface area contributed by atoms with Crippen LogP contribution in [0.25, 0.3) is 10.1 Å². The van der Waals surface area contributed by atoms with Gasteiger partial charge in [0.1, 0.15) is 5.82 Å². The molecule has 0 atom stereocenters. The van der Waals surface area contributed by atoms with E-state index in [4.69, 9.17) is 5.11 Å². The molecule has 0 radical (unpaired) electrons. The number of piperazine rings is 1. The van der Waals surface area contributed by atoms with Crippen molar-refractivity contribution in [2.24, 2.45) is 0 Å². The minimum atomic E-state index is -0.835. The van der Waals surface area contributed by atoms with Crippen molar-refractivity contribution in [3.8, 4) is 0 Å². The van der Waals surface area contributed by atoms with Gasteiger partial charge in [-0.25, -0.2) is 4.79 Å². The molecule has 0 spiro atoms. The van der Waals surface area contributed by atoms with Gasteiger partial charge in [0.15, 0.2) is 0 Å². The van der Waals surface area contributed by atoms with E-state index in [0.717, 1.165) is 11.2 Å². The van der Waals surface area contributed by atoms with Crippen LogP contribution in [0.5, 0.6) is 0 Å². The van der Waals surface area contributed by atoms with Gasteiger partial charge in [-0.2, -0.15) is 4.37 Å². The van der Waals surface area contributed by atoms with E-state index in [1.54, 1.807) is 0 Å². The molecule has 1 N–H and O–H groups in total. The fourth-order valence-corrected chi connectivity index (χ4v) is 3.01. The lowest BCUT2D eigenvalue weighted by atomic mass is 10.2. The number of anilines is 1. The van der Waals surface area contributed by atoms with E-state index < -0.39 is 6.09 Å². The van der Waals surface area contributed by atoms with Gasteiger partial charge in [-0.1, -0.05) is 12.1 Å². The van der Waals surface area contributed by atoms with Crippen LogP contribution in [-0.4, -0.2) is 46.7 Å². The van der Waals surface area contributed by atoms with E-state index in [0.29, 0.717) is 26.2 Å². The Balaban J connectivity index is 1.82. The molecule has 1 aliphatic rings. The largest absolute Gasteiger partial charge is 0.465 e. The Labute approximate surface area is 108 Å². The molecule has 1 fully saturated rings. The summed E-state index contributed by atoms with van der Waals surface area (Å²) in [6.07, 6.45) is -0.835. The SMILES string of the molecule is O=C(O)N1CCN(c2nsc3ccccc23)CC1. The first-order valence-electron chi connectivity index (χ1n) is 5.83. The van der Waals surface area contributed by atoms with Crippen molar-refractivity contribution in [3.63, 3.8) is 0 Å². The molecule has 0 aliphatic carbocycles. The van der Waals surface area contributed by atoms with Gasteiger partial charge >= 0.3 is 6.09 Å². The zero-order valence-corrected chi connectivity index (χ0v) is 10.6. The Morgan fingerprint density at radius 3 is 2.67 bits per heavy atom. The van der Waals surface area contributed by atoms with Crippen LogP contribution in [0.4, 0.5) is 10.6 Å². The minimum Gasteiger partial charge on any atom is -0.465 e. The Hall–Kier alpha value is -1.82. The number of fused-ring (bicyclic) bond motifs is 1. The Kier molecular flexibility index (Phi) is 2.79. The summed E-state index contributed by atoms with van der Waals surface area (Å²) >= 11 is 1.49. The van der Waals surface area contributed by atoms with Crippen LogP contribution < -0.4 is 4.90 Å². The summed E-state index contributed by atoms with van der Waals surface area (Å²) in [6.45, 7) is 2.50. The van der Waals surface area contributed by atoms with Crippen molar-refractivity contribution in [2.75, 3.05) is 31.1 Å². The Morgan fingerprint density at radius 2 is 1.94 bits per heavy atom. The second kappa shape index (κ2) is 4.45. The van der Waals surface area contributed by atoms with Gasteiger partial charge in [0.05, 0.1) is 4.70 Å². The number of benzene rings is 1. The number of aromatic nitrogens is 1. The minimum absolute atomic E-state index is 0.543.